The van der Waals surface area contributed by atoms with Crippen LogP contribution in [0.15, 0.2) is 71.9 Å². The highest BCUT2D eigenvalue weighted by Crippen LogP contribution is 2.34. The largest absolute Gasteiger partial charge is 0.378 e. The first-order valence-electron chi connectivity index (χ1n) is 11.5. The number of hydrogen-bond donors (Lipinski definition) is 0. The van der Waals surface area contributed by atoms with Gasteiger partial charge in [0.15, 0.2) is 5.65 Å². The normalized spacial score (nSPS) is 17.6. The monoisotopic (exact) mass is 509 g/mol. The molecule has 2 aliphatic heterocycles. The van der Waals surface area contributed by atoms with Crippen molar-refractivity contribution in [3.05, 3.63) is 72.1 Å². The van der Waals surface area contributed by atoms with Gasteiger partial charge in [0.05, 0.1) is 35.2 Å². The molecule has 2 aromatic heterocycles. The Balaban J connectivity index is 1.36. The van der Waals surface area contributed by atoms with E-state index in [-0.39, 0.29) is 15.7 Å². The van der Waals surface area contributed by atoms with Crippen LogP contribution in [0.5, 0.6) is 0 Å². The summed E-state index contributed by atoms with van der Waals surface area (Å²) in [6.45, 7) is 5.59. The van der Waals surface area contributed by atoms with Gasteiger partial charge in [0.25, 0.3) is 10.0 Å². The van der Waals surface area contributed by atoms with E-state index in [0.29, 0.717) is 17.1 Å². The summed E-state index contributed by atoms with van der Waals surface area (Å²) in [6.07, 6.45) is 1.28. The highest BCUT2D eigenvalue weighted by molar-refractivity contribution is 7.90. The second kappa shape index (κ2) is 8.91. The quantitative estimate of drug-likeness (QED) is 0.381. The maximum atomic E-state index is 13.7. The minimum absolute atomic E-state index is 0.180. The molecule has 0 N–H and O–H groups in total. The number of aromatic nitrogens is 3. The zero-order chi connectivity index (χ0) is 24.0. The number of hydrogen-bond acceptors (Lipinski definition) is 7. The van der Waals surface area contributed by atoms with Gasteiger partial charge in [-0.1, -0.05) is 41.9 Å². The molecule has 6 rings (SSSR count). The molecule has 0 amide bonds. The Morgan fingerprint density at radius 2 is 1.63 bits per heavy atom. The van der Waals surface area contributed by atoms with Crippen LogP contribution < -0.4 is 4.90 Å². The molecule has 2 fully saturated rings. The van der Waals surface area contributed by atoms with Crippen molar-refractivity contribution in [3.8, 4) is 11.3 Å². The van der Waals surface area contributed by atoms with E-state index in [9.17, 15) is 8.42 Å². The second-order valence-electron chi connectivity index (χ2n) is 8.78. The molecule has 2 aliphatic rings. The number of rotatable bonds is 5. The first-order valence-corrected chi connectivity index (χ1v) is 13.3. The Morgan fingerprint density at radius 1 is 0.914 bits per heavy atom. The van der Waals surface area contributed by atoms with Gasteiger partial charge >= 0.3 is 0 Å². The third kappa shape index (κ3) is 3.98. The van der Waals surface area contributed by atoms with Crippen molar-refractivity contribution in [2.75, 3.05) is 44.3 Å². The third-order valence-corrected chi connectivity index (χ3v) is 8.79. The molecule has 4 aromatic rings. The minimum atomic E-state index is -3.92. The van der Waals surface area contributed by atoms with E-state index >= 15 is 0 Å². The van der Waals surface area contributed by atoms with Crippen LogP contribution in [0.2, 0.25) is 5.15 Å². The standard InChI is InChI=1S/C25H24ClN5O3S/c26-24-22-14-23(31(25(22)28-17-27-24)35(32,33)21-4-2-1-3-5-21)18-6-8-19(9-7-18)29-10-12-30(13-11-29)20-15-34-16-20/h1-9,14,17,20H,10-13,15-16H2. The molecule has 2 saturated heterocycles. The van der Waals surface area contributed by atoms with Crippen molar-refractivity contribution < 1.29 is 13.2 Å². The molecule has 180 valence electrons. The minimum Gasteiger partial charge on any atom is -0.378 e. The van der Waals surface area contributed by atoms with Crippen LogP contribution in [-0.2, 0) is 14.8 Å². The molecule has 0 spiro atoms. The van der Waals surface area contributed by atoms with E-state index in [1.807, 2.05) is 24.3 Å². The lowest BCUT2D eigenvalue weighted by atomic mass is 10.1. The van der Waals surface area contributed by atoms with Gasteiger partial charge in [-0.3, -0.25) is 4.90 Å². The fraction of sp³-hybridized carbons (Fsp3) is 0.280. The Kier molecular flexibility index (Phi) is 5.72. The van der Waals surface area contributed by atoms with Gasteiger partial charge in [0, 0.05) is 31.9 Å². The van der Waals surface area contributed by atoms with Gasteiger partial charge in [-0.05, 0) is 35.9 Å². The average molecular weight is 510 g/mol. The fourth-order valence-electron chi connectivity index (χ4n) is 4.73. The number of benzene rings is 2. The Hall–Kier alpha value is -2.98. The molecule has 0 saturated carbocycles. The molecule has 0 aliphatic carbocycles. The highest BCUT2D eigenvalue weighted by atomic mass is 35.5. The average Bonchev–Trinajstić information content (AvgIpc) is 3.26. The molecule has 0 atom stereocenters. The number of nitrogens with zero attached hydrogens (tertiary/aromatic N) is 5. The van der Waals surface area contributed by atoms with Crippen molar-refractivity contribution in [3.63, 3.8) is 0 Å². The van der Waals surface area contributed by atoms with Crippen molar-refractivity contribution in [1.29, 1.82) is 0 Å². The van der Waals surface area contributed by atoms with Crippen molar-refractivity contribution in [2.24, 2.45) is 0 Å². The van der Waals surface area contributed by atoms with Gasteiger partial charge in [-0.25, -0.2) is 22.4 Å². The highest BCUT2D eigenvalue weighted by Gasteiger charge is 2.29. The Labute approximate surface area is 208 Å². The van der Waals surface area contributed by atoms with Gasteiger partial charge in [0.1, 0.15) is 11.5 Å². The summed E-state index contributed by atoms with van der Waals surface area (Å²) in [5.74, 6) is 0. The Bertz CT molecular complexity index is 1460. The van der Waals surface area contributed by atoms with Crippen molar-refractivity contribution >= 4 is 38.3 Å². The molecule has 10 heteroatoms. The summed E-state index contributed by atoms with van der Waals surface area (Å²) in [4.78, 5) is 13.3. The predicted molar refractivity (Wildman–Crippen MR) is 135 cm³/mol. The number of fused-ring (bicyclic) bond motifs is 1. The molecular formula is C25H24ClN5O3S. The van der Waals surface area contributed by atoms with Crippen molar-refractivity contribution in [1.82, 2.24) is 18.8 Å². The molecule has 4 heterocycles. The summed E-state index contributed by atoms with van der Waals surface area (Å²) in [5, 5.41) is 0.702. The summed E-state index contributed by atoms with van der Waals surface area (Å²) in [7, 11) is -3.92. The first-order chi connectivity index (χ1) is 17.0. The van der Waals surface area contributed by atoms with Crippen LogP contribution in [0.3, 0.4) is 0 Å². The van der Waals surface area contributed by atoms with Crippen LogP contribution in [0.4, 0.5) is 5.69 Å². The van der Waals surface area contributed by atoms with Gasteiger partial charge in [-0.2, -0.15) is 0 Å². The second-order valence-corrected chi connectivity index (χ2v) is 10.9. The van der Waals surface area contributed by atoms with E-state index in [4.69, 9.17) is 16.3 Å². The van der Waals surface area contributed by atoms with Crippen molar-refractivity contribution in [2.45, 2.75) is 10.9 Å². The Morgan fingerprint density at radius 3 is 2.29 bits per heavy atom. The molecule has 2 aromatic carbocycles. The summed E-state index contributed by atoms with van der Waals surface area (Å²) in [6, 6.07) is 18.6. The third-order valence-electron chi connectivity index (χ3n) is 6.77. The molecular weight excluding hydrogens is 486 g/mol. The van der Waals surface area contributed by atoms with Gasteiger partial charge in [-0.15, -0.1) is 0 Å². The summed E-state index contributed by atoms with van der Waals surface area (Å²) in [5.41, 5.74) is 2.62. The van der Waals surface area contributed by atoms with Crippen LogP contribution >= 0.6 is 11.6 Å². The molecule has 35 heavy (non-hydrogen) atoms. The SMILES string of the molecule is O=S(=O)(c1ccccc1)n1c(-c2ccc(N3CCN(C4COC4)CC3)cc2)cc2c(Cl)ncnc21. The predicted octanol–water partition coefficient (Wildman–Crippen LogP) is 3.51. The van der Waals surface area contributed by atoms with Gasteiger partial charge in [0.2, 0.25) is 0 Å². The smallest absolute Gasteiger partial charge is 0.269 e. The van der Waals surface area contributed by atoms with Crippen LogP contribution in [0, 0.1) is 0 Å². The zero-order valence-electron chi connectivity index (χ0n) is 18.9. The lowest BCUT2D eigenvalue weighted by molar-refractivity contribution is -0.0660. The maximum Gasteiger partial charge on any atom is 0.269 e. The number of piperazine rings is 1. The fourth-order valence-corrected chi connectivity index (χ4v) is 6.41. The lowest BCUT2D eigenvalue weighted by Crippen LogP contribution is -2.56. The molecule has 0 bridgehead atoms. The van der Waals surface area contributed by atoms with E-state index < -0.39 is 10.0 Å². The number of halogens is 1. The number of ether oxygens (including phenoxy) is 1. The lowest BCUT2D eigenvalue weighted by Gasteiger charge is -2.43. The van der Waals surface area contributed by atoms with Crippen LogP contribution in [0.1, 0.15) is 0 Å². The molecule has 0 radical (unpaired) electrons. The maximum absolute atomic E-state index is 13.7. The molecule has 8 nitrogen and oxygen atoms in total. The zero-order valence-corrected chi connectivity index (χ0v) is 20.5. The topological polar surface area (TPSA) is 80.6 Å². The number of anilines is 1. The molecule has 0 unspecified atom stereocenters. The van der Waals surface area contributed by atoms with E-state index in [0.717, 1.165) is 50.6 Å². The first kappa shape index (κ1) is 22.5. The summed E-state index contributed by atoms with van der Waals surface area (Å²) < 4.78 is 34.0. The van der Waals surface area contributed by atoms with Crippen LogP contribution in [-0.4, -0.2) is 72.7 Å². The van der Waals surface area contributed by atoms with E-state index in [1.54, 1.807) is 36.4 Å². The van der Waals surface area contributed by atoms with Gasteiger partial charge < -0.3 is 9.64 Å². The van der Waals surface area contributed by atoms with E-state index in [1.165, 1.54) is 10.3 Å². The van der Waals surface area contributed by atoms with Crippen LogP contribution in [0.25, 0.3) is 22.3 Å². The summed E-state index contributed by atoms with van der Waals surface area (Å²) >= 11 is 6.32. The van der Waals surface area contributed by atoms with E-state index in [2.05, 4.69) is 19.8 Å².